The zero-order valence-corrected chi connectivity index (χ0v) is 15.0. The fraction of sp³-hybridized carbons (Fsp3) is 0.714. The minimum Gasteiger partial charge on any atom is -0.549 e. The van der Waals surface area contributed by atoms with E-state index in [1.54, 1.807) is 0 Å². The van der Waals surface area contributed by atoms with E-state index in [0.717, 1.165) is 0 Å². The Kier molecular flexibility index (Phi) is 13.3. The quantitative estimate of drug-likeness (QED) is 0.352. The molecule has 6 heteroatoms. The van der Waals surface area contributed by atoms with Crippen molar-refractivity contribution in [1.29, 1.82) is 0 Å². The van der Waals surface area contributed by atoms with Crippen molar-refractivity contribution in [2.45, 2.75) is 20.8 Å². The van der Waals surface area contributed by atoms with Crippen molar-refractivity contribution >= 4 is 11.9 Å². The summed E-state index contributed by atoms with van der Waals surface area (Å²) in [7, 11) is 0. The van der Waals surface area contributed by atoms with Crippen molar-refractivity contribution in [3.63, 3.8) is 0 Å². The van der Waals surface area contributed by atoms with Crippen LogP contribution in [0.4, 0.5) is 0 Å². The van der Waals surface area contributed by atoms with Crippen LogP contribution < -0.4 is 113 Å². The van der Waals surface area contributed by atoms with Crippen LogP contribution in [0.3, 0.4) is 0 Å². The van der Waals surface area contributed by atoms with Gasteiger partial charge >= 0.3 is 103 Å². The summed E-state index contributed by atoms with van der Waals surface area (Å²) in [5, 5.41) is 20.5. The Morgan fingerprint density at radius 2 is 1.23 bits per heavy atom. The van der Waals surface area contributed by atoms with Crippen molar-refractivity contribution in [2.75, 3.05) is 0 Å². The van der Waals surface area contributed by atoms with Crippen LogP contribution in [0.15, 0.2) is 0 Å². The van der Waals surface area contributed by atoms with Crippen molar-refractivity contribution in [3.8, 4) is 0 Å². The monoisotopic (exact) mass is 236 g/mol. The van der Waals surface area contributed by atoms with Gasteiger partial charge in [0.2, 0.25) is 0 Å². The maximum atomic E-state index is 10.3. The molecule has 0 atom stereocenters. The van der Waals surface area contributed by atoms with Crippen molar-refractivity contribution in [1.82, 2.24) is 0 Å². The Morgan fingerprint density at radius 1 is 1.00 bits per heavy atom. The van der Waals surface area contributed by atoms with E-state index in [9.17, 15) is 19.8 Å². The molecule has 0 fully saturated rings. The number of carboxylic acid groups (broad SMARTS) is 2. The Morgan fingerprint density at radius 3 is 1.23 bits per heavy atom. The molecule has 0 aromatic heterocycles. The summed E-state index contributed by atoms with van der Waals surface area (Å²) in [5.41, 5.74) is -0.863. The van der Waals surface area contributed by atoms with E-state index in [2.05, 4.69) is 0 Å². The van der Waals surface area contributed by atoms with Gasteiger partial charge in [-0.05, 0) is 5.41 Å². The number of carbonyl (C=O) groups is 2. The van der Waals surface area contributed by atoms with E-state index in [-0.39, 0.29) is 103 Å². The van der Waals surface area contributed by atoms with Crippen LogP contribution in [0.25, 0.3) is 0 Å². The molecule has 0 rings (SSSR count). The number of aliphatic carboxylic acids is 2. The molecule has 0 saturated carbocycles. The molecule has 0 heterocycles. The number of rotatable bonds is 2. The van der Waals surface area contributed by atoms with Crippen LogP contribution >= 0.6 is 0 Å². The summed E-state index contributed by atoms with van der Waals surface area (Å²) in [4.78, 5) is 20.5. The van der Waals surface area contributed by atoms with Gasteiger partial charge in [0, 0.05) is 5.92 Å². The molecule has 0 aromatic rings. The zero-order chi connectivity index (χ0) is 9.23. The van der Waals surface area contributed by atoms with Gasteiger partial charge in [0.25, 0.3) is 0 Å². The second kappa shape index (κ2) is 8.37. The van der Waals surface area contributed by atoms with E-state index >= 15 is 0 Å². The first-order valence-corrected chi connectivity index (χ1v) is 3.18. The summed E-state index contributed by atoms with van der Waals surface area (Å²) in [6.07, 6.45) is 0. The van der Waals surface area contributed by atoms with Gasteiger partial charge in [-0.25, -0.2) is 0 Å². The first kappa shape index (κ1) is 20.6. The Bertz CT molecular complexity index is 171. The van der Waals surface area contributed by atoms with Crippen LogP contribution in [-0.2, 0) is 9.59 Å². The second-order valence-corrected chi connectivity index (χ2v) is 3.44. The van der Waals surface area contributed by atoms with Crippen molar-refractivity contribution in [3.05, 3.63) is 0 Å². The summed E-state index contributed by atoms with van der Waals surface area (Å²) >= 11 is 0. The van der Waals surface area contributed by atoms with Crippen LogP contribution in [-0.4, -0.2) is 11.9 Å². The van der Waals surface area contributed by atoms with E-state index in [4.69, 9.17) is 0 Å². The smallest absolute Gasteiger partial charge is 0.549 e. The molecule has 0 spiro atoms. The third-order valence-corrected chi connectivity index (χ3v) is 1.34. The van der Waals surface area contributed by atoms with Crippen molar-refractivity contribution < 1.29 is 123 Å². The Balaban J connectivity index is -0.000000500. The molecule has 13 heavy (non-hydrogen) atoms. The van der Waals surface area contributed by atoms with Gasteiger partial charge in [0.05, 0.1) is 11.9 Å². The van der Waals surface area contributed by atoms with Crippen LogP contribution in [0.1, 0.15) is 20.8 Å². The fourth-order valence-corrected chi connectivity index (χ4v) is 0.803. The number of hydrogen-bond acceptors (Lipinski definition) is 4. The van der Waals surface area contributed by atoms with E-state index in [1.165, 1.54) is 20.8 Å². The molecule has 0 aliphatic heterocycles. The molecule has 0 N–H and O–H groups in total. The molecule has 0 aliphatic rings. The van der Waals surface area contributed by atoms with Gasteiger partial charge in [-0.3, -0.25) is 0 Å². The van der Waals surface area contributed by atoms with Gasteiger partial charge in [0.15, 0.2) is 0 Å². The average molecular weight is 236 g/mol. The summed E-state index contributed by atoms with van der Waals surface area (Å²) in [6.45, 7) is 4.51. The molecular weight excluding hydrogens is 226 g/mol. The predicted molar refractivity (Wildman–Crippen MR) is 33.0 cm³/mol. The van der Waals surface area contributed by atoms with Gasteiger partial charge in [-0.1, -0.05) is 20.8 Å². The van der Waals surface area contributed by atoms with E-state index < -0.39 is 23.3 Å². The third kappa shape index (κ3) is 8.06. The summed E-state index contributed by atoms with van der Waals surface area (Å²) in [6, 6.07) is 0. The standard InChI is InChI=1S/C7H12O4.2K/c1-7(2,3)4(5(8)9)6(10)11;;/h4H,1-3H3,(H,8,9)(H,10,11);;/q;2*+1/p-2. The molecule has 4 nitrogen and oxygen atoms in total. The summed E-state index contributed by atoms with van der Waals surface area (Å²) in [5.74, 6) is -4.75. The normalized spacial score (nSPS) is 9.85. The molecule has 0 bridgehead atoms. The van der Waals surface area contributed by atoms with Gasteiger partial charge in [-0.2, -0.15) is 0 Å². The van der Waals surface area contributed by atoms with Gasteiger partial charge < -0.3 is 19.8 Å². The first-order valence-electron chi connectivity index (χ1n) is 3.18. The van der Waals surface area contributed by atoms with Crippen LogP contribution in [0.2, 0.25) is 0 Å². The molecule has 64 valence electrons. The Hall–Kier alpha value is 2.21. The minimum atomic E-state index is -1.60. The SMILES string of the molecule is CC(C)(C)C(C(=O)[O-])C(=O)[O-].[K+].[K+]. The Labute approximate surface area is 163 Å². The van der Waals surface area contributed by atoms with Crippen LogP contribution in [0.5, 0.6) is 0 Å². The molecule has 0 radical (unpaired) electrons. The molecule has 0 unspecified atom stereocenters. The number of hydrogen-bond donors (Lipinski definition) is 0. The molecule has 0 aromatic carbocycles. The maximum Gasteiger partial charge on any atom is 1.00 e. The number of carboxylic acids is 2. The van der Waals surface area contributed by atoms with E-state index in [0.29, 0.717) is 0 Å². The minimum absolute atomic E-state index is 0. The number of carbonyl (C=O) groups excluding carboxylic acids is 2. The van der Waals surface area contributed by atoms with Crippen molar-refractivity contribution in [2.24, 2.45) is 11.3 Å². The third-order valence-electron chi connectivity index (χ3n) is 1.34. The predicted octanol–water partition coefficient (Wildman–Crippen LogP) is -7.84. The summed E-state index contributed by atoms with van der Waals surface area (Å²) < 4.78 is 0. The molecule has 0 saturated heterocycles. The maximum absolute atomic E-state index is 10.3. The second-order valence-electron chi connectivity index (χ2n) is 3.44. The largest absolute Gasteiger partial charge is 1.00 e. The topological polar surface area (TPSA) is 80.3 Å². The molecule has 0 aliphatic carbocycles. The average Bonchev–Trinajstić information content (AvgIpc) is 1.54. The van der Waals surface area contributed by atoms with Crippen LogP contribution in [0, 0.1) is 11.3 Å². The first-order chi connectivity index (χ1) is 4.76. The molecular formula is C7H10K2O4. The van der Waals surface area contributed by atoms with E-state index in [1.807, 2.05) is 0 Å². The fourth-order valence-electron chi connectivity index (χ4n) is 0.803. The van der Waals surface area contributed by atoms with Gasteiger partial charge in [-0.15, -0.1) is 0 Å². The molecule has 0 amide bonds. The van der Waals surface area contributed by atoms with Gasteiger partial charge in [0.1, 0.15) is 0 Å². The zero-order valence-electron chi connectivity index (χ0n) is 8.71.